The molecule has 0 unspecified atom stereocenters. The maximum atomic E-state index is 12.6. The zero-order valence-electron chi connectivity index (χ0n) is 14.6. The summed E-state index contributed by atoms with van der Waals surface area (Å²) in [6.07, 6.45) is 0.991. The van der Waals surface area contributed by atoms with Gasteiger partial charge in [0.2, 0.25) is 15.7 Å². The SMILES string of the molecule is O=C(CSc1ncc(S(=O)(=O)c2ccc(Br)cc2)c(=O)[nH]1)Nc1ccccc1Cl. The first kappa shape index (κ1) is 21.6. The smallest absolute Gasteiger partial charge is 0.270 e. The van der Waals surface area contributed by atoms with Gasteiger partial charge in [0.05, 0.1) is 27.6 Å². The second-order valence-corrected chi connectivity index (χ2v) is 9.86. The average Bonchev–Trinajstić information content (AvgIpc) is 2.68. The number of sulfone groups is 1. The van der Waals surface area contributed by atoms with Crippen LogP contribution in [-0.2, 0) is 14.6 Å². The summed E-state index contributed by atoms with van der Waals surface area (Å²) in [6, 6.07) is 12.7. The zero-order valence-corrected chi connectivity index (χ0v) is 18.5. The van der Waals surface area contributed by atoms with Crippen molar-refractivity contribution in [1.82, 2.24) is 9.97 Å². The molecule has 7 nitrogen and oxygen atoms in total. The van der Waals surface area contributed by atoms with Crippen molar-refractivity contribution in [2.45, 2.75) is 14.9 Å². The number of thioether (sulfide) groups is 1. The molecule has 0 atom stereocenters. The first-order valence-electron chi connectivity index (χ1n) is 8.04. The Morgan fingerprint density at radius 1 is 1.17 bits per heavy atom. The molecule has 0 fully saturated rings. The van der Waals surface area contributed by atoms with E-state index in [4.69, 9.17) is 11.6 Å². The predicted molar refractivity (Wildman–Crippen MR) is 115 cm³/mol. The predicted octanol–water partition coefficient (Wildman–Crippen LogP) is 3.75. The van der Waals surface area contributed by atoms with Crippen LogP contribution in [0.25, 0.3) is 0 Å². The van der Waals surface area contributed by atoms with Crippen LogP contribution >= 0.6 is 39.3 Å². The number of para-hydroxylation sites is 1. The number of aromatic nitrogens is 2. The number of aromatic amines is 1. The molecule has 2 aromatic carbocycles. The van der Waals surface area contributed by atoms with E-state index < -0.39 is 20.3 Å². The van der Waals surface area contributed by atoms with Crippen LogP contribution in [0.3, 0.4) is 0 Å². The molecule has 3 rings (SSSR count). The molecular formula is C18H13BrClN3O4S2. The van der Waals surface area contributed by atoms with Gasteiger partial charge < -0.3 is 10.3 Å². The molecule has 2 N–H and O–H groups in total. The Bertz CT molecular complexity index is 1210. The molecule has 1 amide bonds. The Hall–Kier alpha value is -2.14. The highest BCUT2D eigenvalue weighted by Gasteiger charge is 2.22. The summed E-state index contributed by atoms with van der Waals surface area (Å²) in [4.78, 5) is 30.2. The molecule has 3 aromatic rings. The summed E-state index contributed by atoms with van der Waals surface area (Å²) in [7, 11) is -4.01. The minimum Gasteiger partial charge on any atom is -0.324 e. The van der Waals surface area contributed by atoms with Crippen LogP contribution < -0.4 is 10.9 Å². The van der Waals surface area contributed by atoms with Crippen molar-refractivity contribution in [2.24, 2.45) is 0 Å². The third kappa shape index (κ3) is 5.27. The van der Waals surface area contributed by atoms with Crippen molar-refractivity contribution in [3.05, 3.63) is 74.6 Å². The number of benzene rings is 2. The van der Waals surface area contributed by atoms with Gasteiger partial charge in [-0.2, -0.15) is 0 Å². The number of carbonyl (C=O) groups is 1. The van der Waals surface area contributed by atoms with E-state index in [9.17, 15) is 18.0 Å². The molecule has 29 heavy (non-hydrogen) atoms. The first-order chi connectivity index (χ1) is 13.8. The lowest BCUT2D eigenvalue weighted by molar-refractivity contribution is -0.113. The van der Waals surface area contributed by atoms with Crippen LogP contribution in [0.4, 0.5) is 5.69 Å². The Morgan fingerprint density at radius 3 is 2.52 bits per heavy atom. The normalized spacial score (nSPS) is 11.2. The standard InChI is InChI=1S/C18H13BrClN3O4S2/c19-11-5-7-12(8-6-11)29(26,27)15-9-21-18(23-17(15)25)28-10-16(24)22-14-4-2-1-3-13(14)20/h1-9H,10H2,(H,22,24)(H,21,23,25). The quantitative estimate of drug-likeness (QED) is 0.383. The van der Waals surface area contributed by atoms with Gasteiger partial charge in [0.15, 0.2) is 10.1 Å². The summed E-state index contributed by atoms with van der Waals surface area (Å²) in [5, 5.41) is 3.17. The fourth-order valence-electron chi connectivity index (χ4n) is 2.26. The maximum Gasteiger partial charge on any atom is 0.270 e. The molecule has 0 saturated carbocycles. The molecule has 0 aliphatic carbocycles. The third-order valence-corrected chi connectivity index (χ3v) is 7.15. The number of carbonyl (C=O) groups excluding carboxylic acids is 1. The molecule has 11 heteroatoms. The van der Waals surface area contributed by atoms with E-state index in [0.717, 1.165) is 18.0 Å². The van der Waals surface area contributed by atoms with Gasteiger partial charge in [-0.25, -0.2) is 13.4 Å². The first-order valence-corrected chi connectivity index (χ1v) is 11.7. The maximum absolute atomic E-state index is 12.6. The Morgan fingerprint density at radius 2 is 1.86 bits per heavy atom. The van der Waals surface area contributed by atoms with E-state index in [2.05, 4.69) is 31.2 Å². The lowest BCUT2D eigenvalue weighted by atomic mass is 10.3. The van der Waals surface area contributed by atoms with E-state index >= 15 is 0 Å². The molecule has 0 aliphatic heterocycles. The molecule has 0 radical (unpaired) electrons. The molecule has 0 spiro atoms. The molecule has 150 valence electrons. The monoisotopic (exact) mass is 513 g/mol. The van der Waals surface area contributed by atoms with Crippen molar-refractivity contribution in [3.63, 3.8) is 0 Å². The lowest BCUT2D eigenvalue weighted by Gasteiger charge is -2.07. The van der Waals surface area contributed by atoms with Gasteiger partial charge in [-0.15, -0.1) is 0 Å². The number of rotatable bonds is 6. The van der Waals surface area contributed by atoms with E-state index in [0.29, 0.717) is 15.2 Å². The summed E-state index contributed by atoms with van der Waals surface area (Å²) in [6.45, 7) is 0. The van der Waals surface area contributed by atoms with Gasteiger partial charge >= 0.3 is 0 Å². The molecular weight excluding hydrogens is 502 g/mol. The highest BCUT2D eigenvalue weighted by atomic mass is 79.9. The number of anilines is 1. The van der Waals surface area contributed by atoms with E-state index in [-0.39, 0.29) is 21.7 Å². The van der Waals surface area contributed by atoms with Crippen molar-refractivity contribution in [2.75, 3.05) is 11.1 Å². The van der Waals surface area contributed by atoms with Crippen LogP contribution in [-0.4, -0.2) is 30.0 Å². The molecule has 0 aliphatic rings. The van der Waals surface area contributed by atoms with Gasteiger partial charge in [0, 0.05) is 4.47 Å². The topological polar surface area (TPSA) is 109 Å². The van der Waals surface area contributed by atoms with Crippen LogP contribution in [0.2, 0.25) is 5.02 Å². The van der Waals surface area contributed by atoms with E-state index in [1.165, 1.54) is 12.1 Å². The van der Waals surface area contributed by atoms with E-state index in [1.54, 1.807) is 36.4 Å². The Labute approximate surface area is 184 Å². The zero-order chi connectivity index (χ0) is 21.0. The van der Waals surface area contributed by atoms with Crippen LogP contribution in [0.5, 0.6) is 0 Å². The fraction of sp³-hybridized carbons (Fsp3) is 0.0556. The summed E-state index contributed by atoms with van der Waals surface area (Å²) >= 11 is 10.2. The summed E-state index contributed by atoms with van der Waals surface area (Å²) in [5.74, 6) is -0.398. The van der Waals surface area contributed by atoms with Crippen LogP contribution in [0, 0.1) is 0 Å². The fourth-order valence-corrected chi connectivity index (χ4v) is 4.57. The summed E-state index contributed by atoms with van der Waals surface area (Å²) in [5.41, 5.74) is -0.339. The lowest BCUT2D eigenvalue weighted by Crippen LogP contribution is -2.20. The largest absolute Gasteiger partial charge is 0.324 e. The molecule has 0 bridgehead atoms. The van der Waals surface area contributed by atoms with Gasteiger partial charge in [-0.05, 0) is 36.4 Å². The minimum atomic E-state index is -4.01. The van der Waals surface area contributed by atoms with Crippen molar-refractivity contribution in [3.8, 4) is 0 Å². The van der Waals surface area contributed by atoms with Gasteiger partial charge in [-0.1, -0.05) is 51.4 Å². The van der Waals surface area contributed by atoms with Crippen LogP contribution in [0.15, 0.2) is 78.9 Å². The highest BCUT2D eigenvalue weighted by molar-refractivity contribution is 9.10. The van der Waals surface area contributed by atoms with Crippen molar-refractivity contribution < 1.29 is 13.2 Å². The number of nitrogens with zero attached hydrogens (tertiary/aromatic N) is 1. The van der Waals surface area contributed by atoms with E-state index in [1.807, 2.05) is 0 Å². The number of hydrogen-bond donors (Lipinski definition) is 2. The van der Waals surface area contributed by atoms with Gasteiger partial charge in [0.1, 0.15) is 0 Å². The Kier molecular flexibility index (Phi) is 6.78. The molecule has 0 saturated heterocycles. The highest BCUT2D eigenvalue weighted by Crippen LogP contribution is 2.22. The number of amides is 1. The number of hydrogen-bond acceptors (Lipinski definition) is 6. The minimum absolute atomic E-state index is 0.0208. The van der Waals surface area contributed by atoms with Gasteiger partial charge in [-0.3, -0.25) is 9.59 Å². The second kappa shape index (κ2) is 9.12. The van der Waals surface area contributed by atoms with Gasteiger partial charge in [0.25, 0.3) is 5.56 Å². The summed E-state index contributed by atoms with van der Waals surface area (Å²) < 4.78 is 26.0. The van der Waals surface area contributed by atoms with Crippen molar-refractivity contribution >= 4 is 60.7 Å². The van der Waals surface area contributed by atoms with Crippen molar-refractivity contribution in [1.29, 1.82) is 0 Å². The number of halogens is 2. The number of H-pyrrole nitrogens is 1. The van der Waals surface area contributed by atoms with Crippen LogP contribution in [0.1, 0.15) is 0 Å². The third-order valence-electron chi connectivity index (χ3n) is 3.64. The average molecular weight is 515 g/mol. The molecule has 1 aromatic heterocycles. The number of nitrogens with one attached hydrogen (secondary N) is 2. The second-order valence-electron chi connectivity index (χ2n) is 5.66. The Balaban J connectivity index is 1.71. The molecule has 1 heterocycles.